The van der Waals surface area contributed by atoms with Crippen LogP contribution in [0.3, 0.4) is 0 Å². The van der Waals surface area contributed by atoms with Crippen LogP contribution in [0.4, 0.5) is 5.69 Å². The second-order valence-electron chi connectivity index (χ2n) is 6.94. The molecule has 154 valence electrons. The molecule has 3 rings (SSSR count). The van der Waals surface area contributed by atoms with Gasteiger partial charge in [0.05, 0.1) is 30.8 Å². The van der Waals surface area contributed by atoms with E-state index < -0.39 is 10.0 Å². The number of methoxy groups -OCH3 is 1. The maximum absolute atomic E-state index is 12.9. The number of nitrogens with zero attached hydrogens (tertiary/aromatic N) is 2. The van der Waals surface area contributed by atoms with Crippen molar-refractivity contribution in [2.75, 3.05) is 51.7 Å². The molecule has 2 aliphatic heterocycles. The summed E-state index contributed by atoms with van der Waals surface area (Å²) < 4.78 is 32.5. The summed E-state index contributed by atoms with van der Waals surface area (Å²) in [5, 5.41) is 5.42. The first kappa shape index (κ1) is 20.6. The van der Waals surface area contributed by atoms with Crippen molar-refractivity contribution in [2.24, 2.45) is 0 Å². The monoisotopic (exact) mass is 410 g/mol. The van der Waals surface area contributed by atoms with Gasteiger partial charge in [-0.15, -0.1) is 0 Å². The Hall–Kier alpha value is -2.17. The summed E-state index contributed by atoms with van der Waals surface area (Å²) in [4.78, 5) is 25.7. The summed E-state index contributed by atoms with van der Waals surface area (Å²) in [5.41, 5.74) is 0.298. The molecule has 1 aromatic rings. The molecule has 10 heteroatoms. The van der Waals surface area contributed by atoms with Gasteiger partial charge in [0.2, 0.25) is 21.8 Å². The number of piperidine rings is 1. The first-order valence-electron chi connectivity index (χ1n) is 9.37. The molecule has 2 saturated heterocycles. The SMILES string of the molecule is COc1ccc(S(=O)(=O)N2CCCCC2)cc1NC(=O)CN1CCNC(=O)C1. The second kappa shape index (κ2) is 8.89. The van der Waals surface area contributed by atoms with E-state index in [9.17, 15) is 18.0 Å². The molecule has 0 spiro atoms. The van der Waals surface area contributed by atoms with Gasteiger partial charge >= 0.3 is 0 Å². The van der Waals surface area contributed by atoms with Gasteiger partial charge in [0.1, 0.15) is 5.75 Å². The maximum atomic E-state index is 12.9. The van der Waals surface area contributed by atoms with Gasteiger partial charge in [-0.25, -0.2) is 8.42 Å². The van der Waals surface area contributed by atoms with Gasteiger partial charge in [-0.1, -0.05) is 6.42 Å². The molecular weight excluding hydrogens is 384 g/mol. The first-order valence-corrected chi connectivity index (χ1v) is 10.8. The standard InChI is InChI=1S/C18H26N4O5S/c1-27-16-6-5-14(28(25,26)22-8-3-2-4-9-22)11-15(16)20-18(24)13-21-10-7-19-17(23)12-21/h5-6,11H,2-4,7-10,12-13H2,1H3,(H,19,23)(H,20,24). The molecule has 0 aliphatic carbocycles. The molecule has 2 N–H and O–H groups in total. The van der Waals surface area contributed by atoms with Crippen molar-refractivity contribution in [3.63, 3.8) is 0 Å². The molecule has 28 heavy (non-hydrogen) atoms. The fourth-order valence-electron chi connectivity index (χ4n) is 3.42. The molecular formula is C18H26N4O5S. The molecule has 1 aromatic carbocycles. The fraction of sp³-hybridized carbons (Fsp3) is 0.556. The highest BCUT2D eigenvalue weighted by molar-refractivity contribution is 7.89. The number of sulfonamides is 1. The third-order valence-electron chi connectivity index (χ3n) is 4.88. The summed E-state index contributed by atoms with van der Waals surface area (Å²) in [6.07, 6.45) is 2.73. The topological polar surface area (TPSA) is 108 Å². The smallest absolute Gasteiger partial charge is 0.243 e. The number of hydrogen-bond acceptors (Lipinski definition) is 6. The van der Waals surface area contributed by atoms with Gasteiger partial charge in [0.25, 0.3) is 0 Å². The number of piperazine rings is 1. The van der Waals surface area contributed by atoms with Crippen molar-refractivity contribution < 1.29 is 22.7 Å². The number of rotatable bonds is 6. The Morgan fingerprint density at radius 2 is 1.96 bits per heavy atom. The Bertz CT molecular complexity index is 836. The van der Waals surface area contributed by atoms with E-state index in [0.717, 1.165) is 19.3 Å². The molecule has 9 nitrogen and oxygen atoms in total. The quantitative estimate of drug-likeness (QED) is 0.696. The Labute approximate surface area is 165 Å². The molecule has 0 atom stereocenters. The van der Waals surface area contributed by atoms with E-state index in [1.807, 2.05) is 0 Å². The highest BCUT2D eigenvalue weighted by Gasteiger charge is 2.27. The summed E-state index contributed by atoms with van der Waals surface area (Å²) in [5.74, 6) is -0.0749. The van der Waals surface area contributed by atoms with Crippen molar-refractivity contribution in [3.8, 4) is 5.75 Å². The summed E-state index contributed by atoms with van der Waals surface area (Å²) in [6, 6.07) is 4.47. The number of hydrogen-bond donors (Lipinski definition) is 2. The summed E-state index contributed by atoms with van der Waals surface area (Å²) in [6.45, 7) is 2.30. The van der Waals surface area contributed by atoms with E-state index in [2.05, 4.69) is 10.6 Å². The van der Waals surface area contributed by atoms with Crippen LogP contribution in [0.2, 0.25) is 0 Å². The third-order valence-corrected chi connectivity index (χ3v) is 6.78. The van der Waals surface area contributed by atoms with Crippen LogP contribution in [0.5, 0.6) is 5.75 Å². The van der Waals surface area contributed by atoms with Crippen molar-refractivity contribution >= 4 is 27.5 Å². The Morgan fingerprint density at radius 3 is 2.64 bits per heavy atom. The molecule has 2 fully saturated rings. The first-order chi connectivity index (χ1) is 13.4. The van der Waals surface area contributed by atoms with Gasteiger partial charge in [0, 0.05) is 26.2 Å². The molecule has 0 saturated carbocycles. The zero-order chi connectivity index (χ0) is 20.1. The van der Waals surface area contributed by atoms with E-state index in [1.165, 1.54) is 23.5 Å². The predicted octanol–water partition coefficient (Wildman–Crippen LogP) is 0.240. The number of anilines is 1. The van der Waals surface area contributed by atoms with Gasteiger partial charge in [-0.2, -0.15) is 4.31 Å². The van der Waals surface area contributed by atoms with Crippen molar-refractivity contribution in [2.45, 2.75) is 24.2 Å². The molecule has 2 aliphatic rings. The van der Waals surface area contributed by atoms with E-state index in [4.69, 9.17) is 4.74 Å². The zero-order valence-electron chi connectivity index (χ0n) is 15.9. The Morgan fingerprint density at radius 1 is 1.21 bits per heavy atom. The molecule has 0 radical (unpaired) electrons. The van der Waals surface area contributed by atoms with E-state index in [0.29, 0.717) is 37.6 Å². The number of nitrogens with one attached hydrogen (secondary N) is 2. The predicted molar refractivity (Wildman–Crippen MR) is 104 cm³/mol. The summed E-state index contributed by atoms with van der Waals surface area (Å²) >= 11 is 0. The van der Waals surface area contributed by atoms with Crippen LogP contribution in [0, 0.1) is 0 Å². The van der Waals surface area contributed by atoms with Crippen LogP contribution >= 0.6 is 0 Å². The average molecular weight is 410 g/mol. The highest BCUT2D eigenvalue weighted by atomic mass is 32.2. The maximum Gasteiger partial charge on any atom is 0.243 e. The van der Waals surface area contributed by atoms with Crippen LogP contribution in [0.25, 0.3) is 0 Å². The average Bonchev–Trinajstić information content (AvgIpc) is 2.68. The van der Waals surface area contributed by atoms with Gasteiger partial charge < -0.3 is 15.4 Å². The molecule has 0 bridgehead atoms. The lowest BCUT2D eigenvalue weighted by Crippen LogP contribution is -2.49. The molecule has 0 aromatic heterocycles. The van der Waals surface area contributed by atoms with E-state index in [-0.39, 0.29) is 29.8 Å². The molecule has 2 heterocycles. The minimum atomic E-state index is -3.62. The van der Waals surface area contributed by atoms with Crippen LogP contribution < -0.4 is 15.4 Å². The van der Waals surface area contributed by atoms with Crippen molar-refractivity contribution in [3.05, 3.63) is 18.2 Å². The number of carbonyl (C=O) groups is 2. The van der Waals surface area contributed by atoms with Crippen molar-refractivity contribution in [1.82, 2.24) is 14.5 Å². The normalized spacial score (nSPS) is 19.1. The lowest BCUT2D eigenvalue weighted by Gasteiger charge is -2.27. The zero-order valence-corrected chi connectivity index (χ0v) is 16.8. The largest absolute Gasteiger partial charge is 0.495 e. The minimum Gasteiger partial charge on any atom is -0.495 e. The van der Waals surface area contributed by atoms with E-state index >= 15 is 0 Å². The molecule has 0 unspecified atom stereocenters. The van der Waals surface area contributed by atoms with Crippen LogP contribution in [-0.2, 0) is 19.6 Å². The second-order valence-corrected chi connectivity index (χ2v) is 8.87. The van der Waals surface area contributed by atoms with E-state index in [1.54, 1.807) is 11.0 Å². The van der Waals surface area contributed by atoms with Gasteiger partial charge in [-0.05, 0) is 31.0 Å². The molecule has 2 amide bonds. The lowest BCUT2D eigenvalue weighted by atomic mass is 10.2. The van der Waals surface area contributed by atoms with Crippen LogP contribution in [0.15, 0.2) is 23.1 Å². The van der Waals surface area contributed by atoms with Crippen molar-refractivity contribution in [1.29, 1.82) is 0 Å². The number of benzene rings is 1. The highest BCUT2D eigenvalue weighted by Crippen LogP contribution is 2.30. The Balaban J connectivity index is 1.75. The van der Waals surface area contributed by atoms with Crippen LogP contribution in [-0.4, -0.2) is 75.8 Å². The van der Waals surface area contributed by atoms with Gasteiger partial charge in [-0.3, -0.25) is 14.5 Å². The Kier molecular flexibility index (Phi) is 6.53. The third kappa shape index (κ3) is 4.81. The number of amides is 2. The lowest BCUT2D eigenvalue weighted by molar-refractivity contribution is -0.125. The minimum absolute atomic E-state index is 0.0413. The van der Waals surface area contributed by atoms with Crippen LogP contribution in [0.1, 0.15) is 19.3 Å². The summed E-state index contributed by atoms with van der Waals surface area (Å²) in [7, 11) is -2.16. The number of carbonyl (C=O) groups excluding carboxylic acids is 2. The fourth-order valence-corrected chi connectivity index (χ4v) is 4.96. The number of ether oxygens (including phenoxy) is 1. The van der Waals surface area contributed by atoms with Gasteiger partial charge in [0.15, 0.2) is 0 Å².